The fraction of sp³-hybridized carbons (Fsp3) is 0.192. The predicted octanol–water partition coefficient (Wildman–Crippen LogP) is 4.76. The summed E-state index contributed by atoms with van der Waals surface area (Å²) in [5.74, 6) is 0.0261. The second kappa shape index (κ2) is 9.24. The van der Waals surface area contributed by atoms with Gasteiger partial charge in [-0.1, -0.05) is 12.1 Å². The molecular weight excluding hydrogens is 417 g/mol. The zero-order valence-electron chi connectivity index (χ0n) is 17.9. The van der Waals surface area contributed by atoms with Crippen molar-refractivity contribution in [2.24, 2.45) is 0 Å². The molecular formula is C26H22FN5O. The van der Waals surface area contributed by atoms with Crippen LogP contribution in [0.2, 0.25) is 0 Å². The number of hydrogen-bond acceptors (Lipinski definition) is 5. The van der Waals surface area contributed by atoms with E-state index in [2.05, 4.69) is 15.0 Å². The summed E-state index contributed by atoms with van der Waals surface area (Å²) >= 11 is 0. The SMILES string of the molecule is O=C(c1ccccc1F)N1CCC(c2nc(-c3cccnc3)ncc2-c2ccncc2)CC1. The molecule has 1 aliphatic rings. The van der Waals surface area contributed by atoms with Crippen LogP contribution < -0.4 is 0 Å². The van der Waals surface area contributed by atoms with Crippen molar-refractivity contribution in [3.05, 3.63) is 96.6 Å². The standard InChI is InChI=1S/C26H22FN5O/c27-23-6-2-1-5-21(23)26(33)32-14-9-19(10-15-32)24-22(18-7-12-28-13-8-18)17-30-25(31-24)20-4-3-11-29-16-20/h1-8,11-13,16-17,19H,9-10,14-15H2. The first-order valence-electron chi connectivity index (χ1n) is 10.9. The highest BCUT2D eigenvalue weighted by Gasteiger charge is 2.28. The summed E-state index contributed by atoms with van der Waals surface area (Å²) in [6, 6.07) is 13.8. The third-order valence-electron chi connectivity index (χ3n) is 6.00. The maximum absolute atomic E-state index is 14.1. The molecule has 1 aromatic carbocycles. The summed E-state index contributed by atoms with van der Waals surface area (Å²) < 4.78 is 14.1. The van der Waals surface area contributed by atoms with Crippen molar-refractivity contribution in [1.29, 1.82) is 0 Å². The van der Waals surface area contributed by atoms with E-state index in [0.29, 0.717) is 18.9 Å². The Kier molecular flexibility index (Phi) is 5.85. The molecule has 1 saturated heterocycles. The third kappa shape index (κ3) is 4.35. The lowest BCUT2D eigenvalue weighted by Gasteiger charge is -2.32. The van der Waals surface area contributed by atoms with Crippen LogP contribution in [-0.4, -0.2) is 43.8 Å². The maximum Gasteiger partial charge on any atom is 0.256 e. The van der Waals surface area contributed by atoms with Crippen molar-refractivity contribution in [2.75, 3.05) is 13.1 Å². The molecule has 0 saturated carbocycles. The number of amides is 1. The van der Waals surface area contributed by atoms with Gasteiger partial charge in [0.2, 0.25) is 0 Å². The molecule has 0 spiro atoms. The zero-order valence-corrected chi connectivity index (χ0v) is 17.9. The molecule has 7 heteroatoms. The lowest BCUT2D eigenvalue weighted by atomic mass is 9.88. The molecule has 33 heavy (non-hydrogen) atoms. The number of rotatable bonds is 4. The molecule has 0 atom stereocenters. The molecule has 0 bridgehead atoms. The van der Waals surface area contributed by atoms with Gasteiger partial charge in [-0.3, -0.25) is 14.8 Å². The Morgan fingerprint density at radius 1 is 0.879 bits per heavy atom. The normalized spacial score (nSPS) is 14.3. The summed E-state index contributed by atoms with van der Waals surface area (Å²) in [5, 5.41) is 0. The number of benzene rings is 1. The number of carbonyl (C=O) groups is 1. The van der Waals surface area contributed by atoms with Gasteiger partial charge >= 0.3 is 0 Å². The molecule has 1 fully saturated rings. The minimum absolute atomic E-state index is 0.120. The molecule has 6 nitrogen and oxygen atoms in total. The van der Waals surface area contributed by atoms with Crippen LogP contribution in [0.1, 0.15) is 34.8 Å². The van der Waals surface area contributed by atoms with Gasteiger partial charge in [-0.2, -0.15) is 0 Å². The van der Waals surface area contributed by atoms with Gasteiger partial charge in [0.15, 0.2) is 5.82 Å². The van der Waals surface area contributed by atoms with Crippen LogP contribution in [0.4, 0.5) is 4.39 Å². The van der Waals surface area contributed by atoms with E-state index < -0.39 is 5.82 Å². The number of hydrogen-bond donors (Lipinski definition) is 0. The highest BCUT2D eigenvalue weighted by Crippen LogP contribution is 2.35. The van der Waals surface area contributed by atoms with Crippen molar-refractivity contribution in [3.63, 3.8) is 0 Å². The molecule has 1 aliphatic heterocycles. The summed E-state index contributed by atoms with van der Waals surface area (Å²) in [6.45, 7) is 1.08. The fourth-order valence-electron chi connectivity index (χ4n) is 4.26. The van der Waals surface area contributed by atoms with Gasteiger partial charge in [0.25, 0.3) is 5.91 Å². The lowest BCUT2D eigenvalue weighted by Crippen LogP contribution is -2.38. The Bertz CT molecular complexity index is 1260. The number of halogens is 1. The minimum atomic E-state index is -0.485. The topological polar surface area (TPSA) is 71.9 Å². The molecule has 0 radical (unpaired) electrons. The fourth-order valence-corrected chi connectivity index (χ4v) is 4.26. The smallest absolute Gasteiger partial charge is 0.256 e. The van der Waals surface area contributed by atoms with Crippen molar-refractivity contribution >= 4 is 5.91 Å². The zero-order chi connectivity index (χ0) is 22.6. The van der Waals surface area contributed by atoms with Gasteiger partial charge < -0.3 is 4.90 Å². The Labute approximate surface area is 191 Å². The number of piperidine rings is 1. The van der Waals surface area contributed by atoms with Crippen LogP contribution in [0.3, 0.4) is 0 Å². The first-order chi connectivity index (χ1) is 16.2. The maximum atomic E-state index is 14.1. The first kappa shape index (κ1) is 20.9. The van der Waals surface area contributed by atoms with Crippen LogP contribution in [0.5, 0.6) is 0 Å². The molecule has 4 aromatic rings. The van der Waals surface area contributed by atoms with Gasteiger partial charge in [-0.15, -0.1) is 0 Å². The monoisotopic (exact) mass is 439 g/mol. The Balaban J connectivity index is 1.43. The molecule has 1 amide bonds. The van der Waals surface area contributed by atoms with Gasteiger partial charge in [0.05, 0.1) is 11.3 Å². The van der Waals surface area contributed by atoms with Gasteiger partial charge in [-0.25, -0.2) is 14.4 Å². The second-order valence-electron chi connectivity index (χ2n) is 8.02. The van der Waals surface area contributed by atoms with Crippen LogP contribution in [-0.2, 0) is 0 Å². The highest BCUT2D eigenvalue weighted by molar-refractivity contribution is 5.94. The van der Waals surface area contributed by atoms with Gasteiger partial charge in [-0.05, 0) is 54.8 Å². The van der Waals surface area contributed by atoms with E-state index in [1.54, 1.807) is 41.8 Å². The Morgan fingerprint density at radius 3 is 2.39 bits per heavy atom. The number of carbonyl (C=O) groups excluding carboxylic acids is 1. The van der Waals surface area contributed by atoms with E-state index in [4.69, 9.17) is 4.98 Å². The Hall–Kier alpha value is -4.00. The van der Waals surface area contributed by atoms with Crippen LogP contribution >= 0.6 is 0 Å². The summed E-state index contributed by atoms with van der Waals surface area (Å²) in [7, 11) is 0. The van der Waals surface area contributed by atoms with Gasteiger partial charge in [0.1, 0.15) is 5.82 Å². The lowest BCUT2D eigenvalue weighted by molar-refractivity contribution is 0.0707. The minimum Gasteiger partial charge on any atom is -0.339 e. The molecule has 0 N–H and O–H groups in total. The average molecular weight is 439 g/mol. The molecule has 3 aromatic heterocycles. The summed E-state index contributed by atoms with van der Waals surface area (Å²) in [5.41, 5.74) is 3.89. The quantitative estimate of drug-likeness (QED) is 0.459. The summed E-state index contributed by atoms with van der Waals surface area (Å²) in [6.07, 6.45) is 10.3. The van der Waals surface area contributed by atoms with Crippen molar-refractivity contribution < 1.29 is 9.18 Å². The van der Waals surface area contributed by atoms with E-state index in [1.807, 2.05) is 30.5 Å². The van der Waals surface area contributed by atoms with Crippen molar-refractivity contribution in [3.8, 4) is 22.5 Å². The average Bonchev–Trinajstić information content (AvgIpc) is 2.89. The van der Waals surface area contributed by atoms with E-state index in [-0.39, 0.29) is 17.4 Å². The molecule has 164 valence electrons. The largest absolute Gasteiger partial charge is 0.339 e. The number of likely N-dealkylation sites (tertiary alicyclic amines) is 1. The van der Waals surface area contributed by atoms with Crippen molar-refractivity contribution in [2.45, 2.75) is 18.8 Å². The van der Waals surface area contributed by atoms with Gasteiger partial charge in [0, 0.05) is 61.1 Å². The molecule has 0 aliphatic carbocycles. The van der Waals surface area contributed by atoms with E-state index in [9.17, 15) is 9.18 Å². The Morgan fingerprint density at radius 2 is 1.67 bits per heavy atom. The van der Waals surface area contributed by atoms with Crippen molar-refractivity contribution in [1.82, 2.24) is 24.8 Å². The molecule has 5 rings (SSSR count). The molecule has 0 unspecified atom stereocenters. The number of pyridine rings is 2. The second-order valence-corrected chi connectivity index (χ2v) is 8.02. The van der Waals surface area contributed by atoms with Crippen LogP contribution in [0, 0.1) is 5.82 Å². The summed E-state index contributed by atoms with van der Waals surface area (Å²) in [4.78, 5) is 32.4. The van der Waals surface area contributed by atoms with E-state index >= 15 is 0 Å². The van der Waals surface area contributed by atoms with E-state index in [0.717, 1.165) is 35.2 Å². The predicted molar refractivity (Wildman–Crippen MR) is 123 cm³/mol. The first-order valence-corrected chi connectivity index (χ1v) is 10.9. The van der Waals surface area contributed by atoms with E-state index in [1.165, 1.54) is 12.1 Å². The number of aromatic nitrogens is 4. The third-order valence-corrected chi connectivity index (χ3v) is 6.00. The number of nitrogens with zero attached hydrogens (tertiary/aromatic N) is 5. The molecule has 4 heterocycles. The highest BCUT2D eigenvalue weighted by atomic mass is 19.1. The van der Waals surface area contributed by atoms with Crippen LogP contribution in [0.25, 0.3) is 22.5 Å². The van der Waals surface area contributed by atoms with Crippen LogP contribution in [0.15, 0.2) is 79.5 Å².